The molecular weight excluding hydrogens is 342 g/mol. The van der Waals surface area contributed by atoms with E-state index >= 15 is 0 Å². The molecule has 4 rings (SSSR count). The summed E-state index contributed by atoms with van der Waals surface area (Å²) in [6.45, 7) is 7.87. The maximum atomic E-state index is 5.54. The molecule has 2 fully saturated rings. The average molecular weight is 371 g/mol. The number of ether oxygens (including phenoxy) is 2. The number of piperidine rings is 1. The van der Waals surface area contributed by atoms with Crippen LogP contribution in [0.4, 0.5) is 0 Å². The molecule has 7 heteroatoms. The van der Waals surface area contributed by atoms with Crippen LogP contribution >= 0.6 is 0 Å². The quantitative estimate of drug-likeness (QED) is 0.769. The van der Waals surface area contributed by atoms with E-state index in [4.69, 9.17) is 9.47 Å². The molecule has 0 amide bonds. The molecule has 0 spiro atoms. The summed E-state index contributed by atoms with van der Waals surface area (Å²) in [7, 11) is 1.72. The van der Waals surface area contributed by atoms with Crippen molar-refractivity contribution < 1.29 is 9.47 Å². The van der Waals surface area contributed by atoms with Crippen molar-refractivity contribution >= 4 is 0 Å². The summed E-state index contributed by atoms with van der Waals surface area (Å²) < 4.78 is 12.9. The Morgan fingerprint density at radius 1 is 1.19 bits per heavy atom. The summed E-state index contributed by atoms with van der Waals surface area (Å²) in [5.74, 6) is 0.902. The number of aromatic nitrogens is 3. The molecule has 0 bridgehead atoms. The van der Waals surface area contributed by atoms with Crippen molar-refractivity contribution in [2.75, 3.05) is 46.5 Å². The highest BCUT2D eigenvalue weighted by Gasteiger charge is 2.26. The topological polar surface area (TPSA) is 55.7 Å². The Balaban J connectivity index is 1.42. The molecular formula is C20H29N5O2. The second-order valence-corrected chi connectivity index (χ2v) is 7.42. The third-order valence-corrected chi connectivity index (χ3v) is 5.59. The van der Waals surface area contributed by atoms with Crippen molar-refractivity contribution in [1.29, 1.82) is 0 Å². The molecule has 27 heavy (non-hydrogen) atoms. The third kappa shape index (κ3) is 4.66. The number of benzene rings is 1. The predicted octanol–water partition coefficient (Wildman–Crippen LogP) is 1.63. The normalized spacial score (nSPS) is 22.0. The van der Waals surface area contributed by atoms with Gasteiger partial charge in [-0.25, -0.2) is 9.67 Å². The zero-order valence-electron chi connectivity index (χ0n) is 16.1. The van der Waals surface area contributed by atoms with Crippen LogP contribution in [0.1, 0.15) is 24.0 Å². The van der Waals surface area contributed by atoms with Crippen LogP contribution in [0.15, 0.2) is 30.9 Å². The second-order valence-electron chi connectivity index (χ2n) is 7.42. The molecule has 1 aromatic carbocycles. The van der Waals surface area contributed by atoms with Crippen LogP contribution in [-0.2, 0) is 17.8 Å². The summed E-state index contributed by atoms with van der Waals surface area (Å²) >= 11 is 0. The van der Waals surface area contributed by atoms with Gasteiger partial charge >= 0.3 is 0 Å². The molecule has 2 aliphatic heterocycles. The Kier molecular flexibility index (Phi) is 6.01. The van der Waals surface area contributed by atoms with Crippen molar-refractivity contribution in [2.24, 2.45) is 0 Å². The summed E-state index contributed by atoms with van der Waals surface area (Å²) in [5, 5.41) is 4.22. The molecule has 3 heterocycles. The lowest BCUT2D eigenvalue weighted by atomic mass is 10.0. The van der Waals surface area contributed by atoms with Gasteiger partial charge in [-0.15, -0.1) is 0 Å². The first-order valence-electron chi connectivity index (χ1n) is 9.84. The van der Waals surface area contributed by atoms with E-state index in [1.807, 2.05) is 4.68 Å². The van der Waals surface area contributed by atoms with Gasteiger partial charge < -0.3 is 9.47 Å². The summed E-state index contributed by atoms with van der Waals surface area (Å²) in [4.78, 5) is 9.23. The number of rotatable bonds is 6. The van der Waals surface area contributed by atoms with Crippen LogP contribution in [0.2, 0.25) is 0 Å². The van der Waals surface area contributed by atoms with Gasteiger partial charge in [0.2, 0.25) is 0 Å². The standard InChI is InChI=1S/C20H29N5O2/c1-26-20-5-4-17(11-18(20)13-25-16-21-15-22-25)12-23-6-2-3-19(14-23)24-7-9-27-10-8-24/h4-5,11,15-16,19H,2-3,6-10,12-14H2,1H3. The zero-order valence-corrected chi connectivity index (χ0v) is 16.1. The lowest BCUT2D eigenvalue weighted by molar-refractivity contribution is -0.00358. The molecule has 1 unspecified atom stereocenters. The molecule has 0 radical (unpaired) electrons. The molecule has 7 nitrogen and oxygen atoms in total. The van der Waals surface area contributed by atoms with Crippen molar-refractivity contribution in [3.63, 3.8) is 0 Å². The number of hydrogen-bond acceptors (Lipinski definition) is 6. The monoisotopic (exact) mass is 371 g/mol. The van der Waals surface area contributed by atoms with Crippen LogP contribution in [0.25, 0.3) is 0 Å². The zero-order chi connectivity index (χ0) is 18.5. The van der Waals surface area contributed by atoms with Gasteiger partial charge in [0.05, 0.1) is 26.9 Å². The minimum absolute atomic E-state index is 0.663. The molecule has 0 saturated carbocycles. The fourth-order valence-electron chi connectivity index (χ4n) is 4.22. The molecule has 1 atom stereocenters. The van der Waals surface area contributed by atoms with E-state index in [1.165, 1.54) is 24.9 Å². The predicted molar refractivity (Wildman–Crippen MR) is 103 cm³/mol. The number of hydrogen-bond donors (Lipinski definition) is 0. The first-order chi connectivity index (χ1) is 13.3. The fraction of sp³-hybridized carbons (Fsp3) is 0.600. The maximum absolute atomic E-state index is 5.54. The molecule has 0 N–H and O–H groups in total. The highest BCUT2D eigenvalue weighted by atomic mass is 16.5. The Morgan fingerprint density at radius 2 is 2.07 bits per heavy atom. The largest absolute Gasteiger partial charge is 0.496 e. The van der Waals surface area contributed by atoms with Crippen LogP contribution in [-0.4, -0.2) is 77.1 Å². The summed E-state index contributed by atoms with van der Waals surface area (Å²) in [5.41, 5.74) is 2.47. The van der Waals surface area contributed by atoms with Crippen molar-refractivity contribution in [2.45, 2.75) is 32.0 Å². The fourth-order valence-corrected chi connectivity index (χ4v) is 4.22. The van der Waals surface area contributed by atoms with Gasteiger partial charge in [0.25, 0.3) is 0 Å². The Labute approximate surface area is 160 Å². The van der Waals surface area contributed by atoms with E-state index in [2.05, 4.69) is 38.1 Å². The summed E-state index contributed by atoms with van der Waals surface area (Å²) in [6.07, 6.45) is 5.88. The van der Waals surface area contributed by atoms with Gasteiger partial charge in [0.1, 0.15) is 18.4 Å². The molecule has 2 aliphatic rings. The van der Waals surface area contributed by atoms with Gasteiger partial charge in [0.15, 0.2) is 0 Å². The van der Waals surface area contributed by atoms with E-state index in [0.717, 1.165) is 50.7 Å². The lowest BCUT2D eigenvalue weighted by Gasteiger charge is -2.41. The second kappa shape index (κ2) is 8.82. The van der Waals surface area contributed by atoms with Crippen LogP contribution in [0.5, 0.6) is 5.75 Å². The van der Waals surface area contributed by atoms with Crippen molar-refractivity contribution in [1.82, 2.24) is 24.6 Å². The molecule has 146 valence electrons. The van der Waals surface area contributed by atoms with Gasteiger partial charge in [-0.3, -0.25) is 9.80 Å². The SMILES string of the molecule is COc1ccc(CN2CCCC(N3CCOCC3)C2)cc1Cn1cncn1. The summed E-state index contributed by atoms with van der Waals surface area (Å²) in [6, 6.07) is 7.17. The van der Waals surface area contributed by atoms with E-state index in [9.17, 15) is 0 Å². The Morgan fingerprint density at radius 3 is 2.85 bits per heavy atom. The first kappa shape index (κ1) is 18.4. The van der Waals surface area contributed by atoms with Crippen LogP contribution in [0, 0.1) is 0 Å². The van der Waals surface area contributed by atoms with Gasteiger partial charge in [-0.05, 0) is 37.1 Å². The number of methoxy groups -OCH3 is 1. The van der Waals surface area contributed by atoms with Crippen LogP contribution in [0.3, 0.4) is 0 Å². The maximum Gasteiger partial charge on any atom is 0.137 e. The number of morpholine rings is 1. The number of nitrogens with zero attached hydrogens (tertiary/aromatic N) is 5. The first-order valence-corrected chi connectivity index (χ1v) is 9.84. The van der Waals surface area contributed by atoms with Gasteiger partial charge in [-0.1, -0.05) is 6.07 Å². The molecule has 0 aliphatic carbocycles. The van der Waals surface area contributed by atoms with Crippen molar-refractivity contribution in [3.8, 4) is 5.75 Å². The molecule has 1 aromatic heterocycles. The van der Waals surface area contributed by atoms with E-state index in [0.29, 0.717) is 12.6 Å². The Bertz CT molecular complexity index is 715. The van der Waals surface area contributed by atoms with E-state index < -0.39 is 0 Å². The van der Waals surface area contributed by atoms with Gasteiger partial charge in [-0.2, -0.15) is 5.10 Å². The smallest absolute Gasteiger partial charge is 0.137 e. The van der Waals surface area contributed by atoms with Gasteiger partial charge in [0, 0.05) is 37.8 Å². The highest BCUT2D eigenvalue weighted by molar-refractivity contribution is 5.37. The van der Waals surface area contributed by atoms with E-state index in [1.54, 1.807) is 19.8 Å². The molecule has 2 aromatic rings. The minimum Gasteiger partial charge on any atom is -0.496 e. The van der Waals surface area contributed by atoms with Crippen LogP contribution < -0.4 is 4.74 Å². The highest BCUT2D eigenvalue weighted by Crippen LogP contribution is 2.24. The molecule has 2 saturated heterocycles. The number of likely N-dealkylation sites (tertiary alicyclic amines) is 1. The van der Waals surface area contributed by atoms with Crippen molar-refractivity contribution in [3.05, 3.63) is 42.0 Å². The average Bonchev–Trinajstić information content (AvgIpc) is 3.22. The third-order valence-electron chi connectivity index (χ3n) is 5.59. The Hall–Kier alpha value is -1.96. The van der Waals surface area contributed by atoms with E-state index in [-0.39, 0.29) is 0 Å². The lowest BCUT2D eigenvalue weighted by Crippen LogP contribution is -2.51. The minimum atomic E-state index is 0.663.